The summed E-state index contributed by atoms with van der Waals surface area (Å²) in [5.41, 5.74) is 0.819. The number of hydrogen-bond acceptors (Lipinski definition) is 5. The number of nitrogens with zero attached hydrogens (tertiary/aromatic N) is 6. The molecule has 4 atom stereocenters. The van der Waals surface area contributed by atoms with E-state index >= 15 is 0 Å². The molecule has 1 aliphatic carbocycles. The summed E-state index contributed by atoms with van der Waals surface area (Å²) in [6.07, 6.45) is 8.62. The molecule has 9 heteroatoms. The van der Waals surface area contributed by atoms with Crippen molar-refractivity contribution in [3.05, 3.63) is 24.7 Å². The number of carbonyl (C=O) groups is 1. The number of hydrogen-bond donors (Lipinski definition) is 1. The van der Waals surface area contributed by atoms with Gasteiger partial charge in [-0.05, 0) is 24.2 Å². The Kier molecular flexibility index (Phi) is 3.70. The Bertz CT molecular complexity index is 926. The van der Waals surface area contributed by atoms with Crippen LogP contribution in [0, 0.1) is 5.92 Å². The lowest BCUT2D eigenvalue weighted by molar-refractivity contribution is -0.454. The lowest BCUT2D eigenvalue weighted by Gasteiger charge is -2.32. The molecule has 2 bridgehead atoms. The van der Waals surface area contributed by atoms with Crippen molar-refractivity contribution in [1.29, 1.82) is 0 Å². The average molecular weight is 370 g/mol. The molecule has 2 fully saturated rings. The highest BCUT2D eigenvalue weighted by atomic mass is 19.1. The van der Waals surface area contributed by atoms with Gasteiger partial charge in [-0.2, -0.15) is 10.1 Å². The van der Waals surface area contributed by atoms with Gasteiger partial charge in [-0.25, -0.2) is 8.97 Å². The molecule has 1 saturated heterocycles. The summed E-state index contributed by atoms with van der Waals surface area (Å²) < 4.78 is 17.1. The SMILES string of the molecule is Cn1cc(Nc2nccc([N+]3=C[C@@H]4CC[C@H](C3)N4C(=O)[C@@H]3C[C@H]3F)n2)cn1. The molecular formula is C18H21FN7O+. The van der Waals surface area contributed by atoms with E-state index in [1.807, 2.05) is 30.4 Å². The van der Waals surface area contributed by atoms with Gasteiger partial charge in [0.2, 0.25) is 5.91 Å². The van der Waals surface area contributed by atoms with Crippen LogP contribution in [0.15, 0.2) is 24.7 Å². The molecule has 140 valence electrons. The van der Waals surface area contributed by atoms with Gasteiger partial charge in [-0.1, -0.05) is 0 Å². The highest BCUT2D eigenvalue weighted by Gasteiger charge is 2.51. The van der Waals surface area contributed by atoms with Crippen LogP contribution in [0.5, 0.6) is 0 Å². The summed E-state index contributed by atoms with van der Waals surface area (Å²) in [5, 5.41) is 7.27. The van der Waals surface area contributed by atoms with Gasteiger partial charge in [0.15, 0.2) is 0 Å². The zero-order valence-electron chi connectivity index (χ0n) is 15.0. The third-order valence-corrected chi connectivity index (χ3v) is 5.49. The van der Waals surface area contributed by atoms with Gasteiger partial charge in [0.05, 0.1) is 42.2 Å². The standard InChI is InChI=1S/C18H21FN7O/c1-24-8-11(7-21-24)22-18-20-5-4-16(23-18)25-9-12-2-3-13(10-25)26(12)17(27)14-6-15(14)19/h4-5,7-9,12-15H,2-3,6,10H2,1H3,(H,20,22,23)/q+1/t12-,13+,14+,15+/m0/s1. The summed E-state index contributed by atoms with van der Waals surface area (Å²) in [7, 11) is 1.85. The Morgan fingerprint density at radius 3 is 2.96 bits per heavy atom. The second kappa shape index (κ2) is 6.11. The minimum Gasteiger partial charge on any atom is -0.325 e. The van der Waals surface area contributed by atoms with E-state index in [0.29, 0.717) is 18.9 Å². The topological polar surface area (TPSA) is 79.0 Å². The Morgan fingerprint density at radius 1 is 1.41 bits per heavy atom. The van der Waals surface area contributed by atoms with Gasteiger partial charge in [0.1, 0.15) is 12.7 Å². The molecule has 1 amide bonds. The molecule has 0 unspecified atom stereocenters. The third kappa shape index (κ3) is 2.96. The summed E-state index contributed by atoms with van der Waals surface area (Å²) in [6.45, 7) is 0.676. The van der Waals surface area contributed by atoms with Crippen molar-refractivity contribution in [1.82, 2.24) is 24.6 Å². The first-order valence-electron chi connectivity index (χ1n) is 9.25. The smallest absolute Gasteiger partial charge is 0.325 e. The maximum Gasteiger partial charge on any atom is 0.343 e. The van der Waals surface area contributed by atoms with Gasteiger partial charge in [0, 0.05) is 19.4 Å². The second-order valence-corrected chi connectivity index (χ2v) is 7.47. The molecule has 2 aromatic rings. The molecule has 5 rings (SSSR count). The van der Waals surface area contributed by atoms with Crippen LogP contribution in [0.2, 0.25) is 0 Å². The summed E-state index contributed by atoms with van der Waals surface area (Å²) >= 11 is 0. The second-order valence-electron chi connectivity index (χ2n) is 7.47. The lowest BCUT2D eigenvalue weighted by Crippen LogP contribution is -2.50. The highest BCUT2D eigenvalue weighted by molar-refractivity contribution is 5.86. The number of aryl methyl sites for hydroxylation is 1. The minimum atomic E-state index is -0.946. The van der Waals surface area contributed by atoms with E-state index in [9.17, 15) is 9.18 Å². The van der Waals surface area contributed by atoms with E-state index in [0.717, 1.165) is 24.3 Å². The number of alkyl halides is 1. The Balaban J connectivity index is 1.36. The molecule has 1 N–H and O–H groups in total. The number of aromatic nitrogens is 4. The van der Waals surface area contributed by atoms with E-state index in [2.05, 4.69) is 25.0 Å². The Labute approximate surface area is 155 Å². The number of rotatable bonds is 4. The number of carbonyl (C=O) groups excluding carboxylic acids is 1. The van der Waals surface area contributed by atoms with Crippen LogP contribution in [0.1, 0.15) is 19.3 Å². The summed E-state index contributed by atoms with van der Waals surface area (Å²) in [5.74, 6) is 0.850. The largest absolute Gasteiger partial charge is 0.343 e. The first-order chi connectivity index (χ1) is 13.1. The maximum absolute atomic E-state index is 13.3. The van der Waals surface area contributed by atoms with E-state index in [1.165, 1.54) is 0 Å². The minimum absolute atomic E-state index is 0.0208. The van der Waals surface area contributed by atoms with Crippen LogP contribution in [-0.2, 0) is 11.8 Å². The van der Waals surface area contributed by atoms with Crippen LogP contribution < -0.4 is 5.32 Å². The highest BCUT2D eigenvalue weighted by Crippen LogP contribution is 2.39. The average Bonchev–Trinajstić information content (AvgIpc) is 3.16. The Morgan fingerprint density at radius 2 is 2.26 bits per heavy atom. The molecule has 2 aliphatic heterocycles. The molecule has 0 aromatic carbocycles. The number of anilines is 2. The van der Waals surface area contributed by atoms with Crippen LogP contribution >= 0.6 is 0 Å². The lowest BCUT2D eigenvalue weighted by atomic mass is 10.2. The first-order valence-corrected chi connectivity index (χ1v) is 9.25. The van der Waals surface area contributed by atoms with Crippen molar-refractivity contribution in [2.45, 2.75) is 37.5 Å². The molecule has 27 heavy (non-hydrogen) atoms. The fourth-order valence-electron chi connectivity index (χ4n) is 4.04. The zero-order valence-corrected chi connectivity index (χ0v) is 15.0. The van der Waals surface area contributed by atoms with Crippen molar-refractivity contribution in [3.63, 3.8) is 0 Å². The monoisotopic (exact) mass is 370 g/mol. The normalized spacial score (nSPS) is 28.8. The van der Waals surface area contributed by atoms with Crippen LogP contribution in [0.25, 0.3) is 0 Å². The van der Waals surface area contributed by atoms with E-state index < -0.39 is 12.1 Å². The van der Waals surface area contributed by atoms with Crippen molar-refractivity contribution < 1.29 is 13.8 Å². The Hall–Kier alpha value is -2.84. The number of fused-ring (bicyclic) bond motifs is 2. The molecular weight excluding hydrogens is 349 g/mol. The third-order valence-electron chi connectivity index (χ3n) is 5.49. The summed E-state index contributed by atoms with van der Waals surface area (Å²) in [6, 6.07) is 2.00. The summed E-state index contributed by atoms with van der Waals surface area (Å²) in [4.78, 5) is 23.3. The first kappa shape index (κ1) is 16.3. The number of halogens is 1. The van der Waals surface area contributed by atoms with Crippen LogP contribution in [0.4, 0.5) is 21.8 Å². The number of amides is 1. The quantitative estimate of drug-likeness (QED) is 0.823. The van der Waals surface area contributed by atoms with Gasteiger partial charge < -0.3 is 4.90 Å². The van der Waals surface area contributed by atoms with E-state index in [1.54, 1.807) is 17.1 Å². The molecule has 2 aromatic heterocycles. The van der Waals surface area contributed by atoms with Crippen LogP contribution in [0.3, 0.4) is 0 Å². The molecule has 1 saturated carbocycles. The van der Waals surface area contributed by atoms with E-state index in [4.69, 9.17) is 0 Å². The van der Waals surface area contributed by atoms with Crippen molar-refractivity contribution in [2.75, 3.05) is 11.9 Å². The van der Waals surface area contributed by atoms with Crippen molar-refractivity contribution in [2.24, 2.45) is 13.0 Å². The predicted octanol–water partition coefficient (Wildman–Crippen LogP) is 1.40. The fourth-order valence-corrected chi connectivity index (χ4v) is 4.04. The van der Waals surface area contributed by atoms with Gasteiger partial charge in [-0.3, -0.25) is 14.8 Å². The predicted molar refractivity (Wildman–Crippen MR) is 96.0 cm³/mol. The maximum atomic E-state index is 13.3. The van der Waals surface area contributed by atoms with Crippen LogP contribution in [-0.4, -0.2) is 66.1 Å². The molecule has 8 nitrogen and oxygen atoms in total. The van der Waals surface area contributed by atoms with Gasteiger partial charge >= 0.3 is 11.8 Å². The van der Waals surface area contributed by atoms with Gasteiger partial charge in [0.25, 0.3) is 0 Å². The van der Waals surface area contributed by atoms with E-state index in [-0.39, 0.29) is 18.0 Å². The number of nitrogens with one attached hydrogen (secondary N) is 1. The van der Waals surface area contributed by atoms with Gasteiger partial charge in [-0.15, -0.1) is 0 Å². The molecule has 3 aliphatic rings. The zero-order chi connectivity index (χ0) is 18.5. The molecule has 4 heterocycles. The molecule has 0 radical (unpaired) electrons. The van der Waals surface area contributed by atoms with Crippen molar-refractivity contribution >= 4 is 29.6 Å². The fraction of sp³-hybridized carbons (Fsp3) is 0.500. The molecule has 0 spiro atoms. The van der Waals surface area contributed by atoms with Crippen molar-refractivity contribution in [3.8, 4) is 0 Å².